The van der Waals surface area contributed by atoms with Gasteiger partial charge in [-0.15, -0.1) is 0 Å². The quantitative estimate of drug-likeness (QED) is 0.762. The molecule has 0 aliphatic rings. The molecule has 0 saturated heterocycles. The van der Waals surface area contributed by atoms with Crippen molar-refractivity contribution in [1.82, 2.24) is 0 Å². The number of hydrogen-bond donors (Lipinski definition) is 0. The van der Waals surface area contributed by atoms with Crippen LogP contribution in [0.1, 0.15) is 38.8 Å². The van der Waals surface area contributed by atoms with Crippen molar-refractivity contribution in [2.24, 2.45) is 4.40 Å². The molecule has 0 saturated carbocycles. The number of hydrogen-bond acceptors (Lipinski definition) is 1. The van der Waals surface area contributed by atoms with Crippen molar-refractivity contribution in [3.8, 4) is 0 Å². The average molecular weight is 255 g/mol. The number of aryl methyl sites for hydroxylation is 1. The van der Waals surface area contributed by atoms with Gasteiger partial charge in [-0.25, -0.2) is 8.60 Å². The Bertz CT molecular complexity index is 449. The van der Waals surface area contributed by atoms with Gasteiger partial charge in [0.1, 0.15) is 16.8 Å². The predicted molar refractivity (Wildman–Crippen MR) is 71.3 cm³/mol. The maximum absolute atomic E-state index is 13.5. The van der Waals surface area contributed by atoms with Crippen molar-refractivity contribution in [3.05, 3.63) is 35.1 Å². The number of nitrogens with zero attached hydrogens (tertiary/aromatic N) is 1. The summed E-state index contributed by atoms with van der Waals surface area (Å²) in [6.07, 6.45) is 2.19. The van der Waals surface area contributed by atoms with Crippen LogP contribution in [0.15, 0.2) is 22.6 Å². The van der Waals surface area contributed by atoms with E-state index in [-0.39, 0.29) is 5.82 Å². The Morgan fingerprint density at radius 3 is 2.59 bits per heavy atom. The minimum atomic E-state index is -1.35. The maximum atomic E-state index is 13.5. The van der Waals surface area contributed by atoms with Crippen LogP contribution in [0, 0.1) is 5.82 Å². The van der Waals surface area contributed by atoms with Gasteiger partial charge in [0.2, 0.25) is 0 Å². The Morgan fingerprint density at radius 1 is 1.41 bits per heavy atom. The van der Waals surface area contributed by atoms with Gasteiger partial charge in [-0.1, -0.05) is 13.0 Å². The standard InChI is InChI=1S/C13H18FNOS/c1-5-10-6-7-12(14)11(8-10)9-15-17(16)13(2,3)4/h6-9H,5H2,1-4H3/t17-/m1/s1. The first-order valence-corrected chi connectivity index (χ1v) is 6.69. The van der Waals surface area contributed by atoms with Gasteiger partial charge >= 0.3 is 0 Å². The van der Waals surface area contributed by atoms with Crippen molar-refractivity contribution >= 4 is 17.2 Å². The molecule has 0 fully saturated rings. The van der Waals surface area contributed by atoms with Gasteiger partial charge < -0.3 is 0 Å². The molecule has 0 amide bonds. The van der Waals surface area contributed by atoms with Crippen LogP contribution in [0.4, 0.5) is 4.39 Å². The molecule has 0 unspecified atom stereocenters. The number of halogens is 1. The van der Waals surface area contributed by atoms with E-state index in [0.717, 1.165) is 12.0 Å². The van der Waals surface area contributed by atoms with E-state index < -0.39 is 15.7 Å². The summed E-state index contributed by atoms with van der Waals surface area (Å²) < 4.78 is 28.6. The first-order chi connectivity index (χ1) is 7.84. The van der Waals surface area contributed by atoms with E-state index in [9.17, 15) is 8.60 Å². The Labute approximate surface area is 105 Å². The van der Waals surface area contributed by atoms with Crippen LogP contribution in [0.25, 0.3) is 0 Å². The number of rotatable bonds is 3. The summed E-state index contributed by atoms with van der Waals surface area (Å²) in [4.78, 5) is 0. The Morgan fingerprint density at radius 2 is 2.06 bits per heavy atom. The summed E-state index contributed by atoms with van der Waals surface area (Å²) in [6, 6.07) is 4.90. The van der Waals surface area contributed by atoms with Gasteiger partial charge in [-0.2, -0.15) is 4.40 Å². The van der Waals surface area contributed by atoms with Gasteiger partial charge in [-0.3, -0.25) is 0 Å². The van der Waals surface area contributed by atoms with E-state index in [1.165, 1.54) is 12.3 Å². The fourth-order valence-electron chi connectivity index (χ4n) is 1.17. The van der Waals surface area contributed by atoms with Crippen LogP contribution in [0.2, 0.25) is 0 Å². The molecular formula is C13H18FNOS. The van der Waals surface area contributed by atoms with E-state index in [1.807, 2.05) is 27.7 Å². The molecule has 0 heterocycles. The molecule has 1 aromatic rings. The minimum absolute atomic E-state index is 0.336. The van der Waals surface area contributed by atoms with Gasteiger partial charge in [-0.05, 0) is 44.9 Å². The van der Waals surface area contributed by atoms with Crippen LogP contribution in [0.5, 0.6) is 0 Å². The van der Waals surface area contributed by atoms with E-state index in [2.05, 4.69) is 4.40 Å². The monoisotopic (exact) mass is 255 g/mol. The van der Waals surface area contributed by atoms with Crippen LogP contribution in [-0.4, -0.2) is 15.2 Å². The van der Waals surface area contributed by atoms with Crippen LogP contribution < -0.4 is 0 Å². The Kier molecular flexibility index (Phi) is 4.57. The topological polar surface area (TPSA) is 29.4 Å². The highest BCUT2D eigenvalue weighted by molar-refractivity contribution is 7.85. The fraction of sp³-hybridized carbons (Fsp3) is 0.462. The van der Waals surface area contributed by atoms with Crippen LogP contribution >= 0.6 is 0 Å². The second-order valence-electron chi connectivity index (χ2n) is 4.81. The molecule has 0 radical (unpaired) electrons. The number of benzene rings is 1. The smallest absolute Gasteiger partial charge is 0.144 e. The molecule has 1 atom stereocenters. The zero-order chi connectivity index (χ0) is 13.1. The lowest BCUT2D eigenvalue weighted by Crippen LogP contribution is -2.19. The van der Waals surface area contributed by atoms with Crippen molar-refractivity contribution in [2.45, 2.75) is 38.9 Å². The molecule has 17 heavy (non-hydrogen) atoms. The normalized spacial score (nSPS) is 14.2. The minimum Gasteiger partial charge on any atom is -0.234 e. The lowest BCUT2D eigenvalue weighted by molar-refractivity contribution is 0.625. The third-order valence-electron chi connectivity index (χ3n) is 2.28. The average Bonchev–Trinajstić information content (AvgIpc) is 2.26. The summed E-state index contributed by atoms with van der Waals surface area (Å²) >= 11 is 0. The summed E-state index contributed by atoms with van der Waals surface area (Å²) in [5.41, 5.74) is 1.43. The van der Waals surface area contributed by atoms with E-state index >= 15 is 0 Å². The molecule has 0 aliphatic heterocycles. The lowest BCUT2D eigenvalue weighted by Gasteiger charge is -2.12. The molecule has 2 nitrogen and oxygen atoms in total. The highest BCUT2D eigenvalue weighted by Gasteiger charge is 2.18. The fourth-order valence-corrected chi connectivity index (χ4v) is 1.70. The second kappa shape index (κ2) is 5.54. The zero-order valence-electron chi connectivity index (χ0n) is 10.7. The first-order valence-electron chi connectivity index (χ1n) is 5.59. The molecule has 0 aliphatic carbocycles. The van der Waals surface area contributed by atoms with Crippen LogP contribution in [0.3, 0.4) is 0 Å². The summed E-state index contributed by atoms with van der Waals surface area (Å²) in [7, 11) is -1.35. The van der Waals surface area contributed by atoms with E-state index in [4.69, 9.17) is 0 Å². The predicted octanol–water partition coefficient (Wildman–Crippen LogP) is 3.27. The summed E-state index contributed by atoms with van der Waals surface area (Å²) in [6.45, 7) is 7.50. The molecule has 1 aromatic carbocycles. The van der Waals surface area contributed by atoms with Gasteiger partial charge in [0, 0.05) is 11.8 Å². The largest absolute Gasteiger partial charge is 0.234 e. The van der Waals surface area contributed by atoms with Gasteiger partial charge in [0.25, 0.3) is 0 Å². The Balaban J connectivity index is 2.95. The third-order valence-corrected chi connectivity index (χ3v) is 3.62. The van der Waals surface area contributed by atoms with Gasteiger partial charge in [0.05, 0.1) is 4.75 Å². The van der Waals surface area contributed by atoms with Crippen molar-refractivity contribution < 1.29 is 8.60 Å². The first kappa shape index (κ1) is 14.0. The lowest BCUT2D eigenvalue weighted by atomic mass is 10.1. The molecule has 4 heteroatoms. The molecule has 0 spiro atoms. The highest BCUT2D eigenvalue weighted by atomic mass is 32.2. The van der Waals surface area contributed by atoms with Crippen molar-refractivity contribution in [2.75, 3.05) is 0 Å². The Hall–Kier alpha value is -1.03. The molecular weight excluding hydrogens is 237 g/mol. The van der Waals surface area contributed by atoms with Gasteiger partial charge in [0.15, 0.2) is 0 Å². The highest BCUT2D eigenvalue weighted by Crippen LogP contribution is 2.14. The molecule has 0 N–H and O–H groups in total. The van der Waals surface area contributed by atoms with Crippen molar-refractivity contribution in [3.63, 3.8) is 0 Å². The van der Waals surface area contributed by atoms with Crippen LogP contribution in [-0.2, 0) is 17.4 Å². The maximum Gasteiger partial charge on any atom is 0.144 e. The molecule has 0 aromatic heterocycles. The SMILES string of the molecule is CCc1ccc(F)c(C=N[S@](=O)C(C)(C)C)c1. The van der Waals surface area contributed by atoms with E-state index in [0.29, 0.717) is 5.56 Å². The molecule has 0 bridgehead atoms. The summed E-state index contributed by atoms with van der Waals surface area (Å²) in [5, 5.41) is 0. The molecule has 94 valence electrons. The third kappa shape index (κ3) is 4.04. The molecule has 1 rings (SSSR count). The summed E-state index contributed by atoms with van der Waals surface area (Å²) in [5.74, 6) is -0.336. The van der Waals surface area contributed by atoms with Crippen molar-refractivity contribution in [1.29, 1.82) is 0 Å². The second-order valence-corrected chi connectivity index (χ2v) is 6.74. The zero-order valence-corrected chi connectivity index (χ0v) is 11.5. The van der Waals surface area contributed by atoms with E-state index in [1.54, 1.807) is 12.1 Å².